The molecule has 78 valence electrons. The van der Waals surface area contributed by atoms with Crippen LogP contribution < -0.4 is 0 Å². The molecule has 1 aromatic heterocycles. The lowest BCUT2D eigenvalue weighted by molar-refractivity contribution is 0.821. The summed E-state index contributed by atoms with van der Waals surface area (Å²) in [6.45, 7) is 0. The van der Waals surface area contributed by atoms with Gasteiger partial charge >= 0.3 is 0 Å². The second-order valence-corrected chi connectivity index (χ2v) is 4.15. The minimum atomic E-state index is 0.476. The minimum Gasteiger partial charge on any atom is -0.264 e. The van der Waals surface area contributed by atoms with E-state index in [0.29, 0.717) is 5.92 Å². The number of nitrogens with zero attached hydrogens (tertiary/aromatic N) is 1. The first-order valence-electron chi connectivity index (χ1n) is 5.59. The maximum atomic E-state index is 4.18. The predicted octanol–water partition coefficient (Wildman–Crippen LogP) is 3.43. The van der Waals surface area contributed by atoms with E-state index in [1.54, 1.807) is 0 Å². The normalized spacial score (nSPS) is 18.1. The molecule has 0 fully saturated rings. The Morgan fingerprint density at radius 3 is 2.88 bits per heavy atom. The summed E-state index contributed by atoms with van der Waals surface area (Å²) in [5.41, 5.74) is 4.08. The summed E-state index contributed by atoms with van der Waals surface area (Å²) >= 11 is 0. The SMILES string of the molecule is C1=CC(c2cccnc2)Cc2ccccc21. The molecule has 1 heteroatoms. The van der Waals surface area contributed by atoms with E-state index in [-0.39, 0.29) is 0 Å². The van der Waals surface area contributed by atoms with Crippen LogP contribution in [0.3, 0.4) is 0 Å². The van der Waals surface area contributed by atoms with Crippen LogP contribution in [-0.2, 0) is 6.42 Å². The van der Waals surface area contributed by atoms with Gasteiger partial charge in [-0.15, -0.1) is 0 Å². The lowest BCUT2D eigenvalue weighted by Gasteiger charge is -2.19. The molecule has 1 aromatic carbocycles. The highest BCUT2D eigenvalue weighted by molar-refractivity contribution is 5.58. The molecule has 0 saturated heterocycles. The molecule has 1 nitrogen and oxygen atoms in total. The van der Waals surface area contributed by atoms with Crippen molar-refractivity contribution in [2.75, 3.05) is 0 Å². The Balaban J connectivity index is 1.95. The maximum absolute atomic E-state index is 4.18. The summed E-state index contributed by atoms with van der Waals surface area (Å²) in [5, 5.41) is 0. The first-order valence-corrected chi connectivity index (χ1v) is 5.59. The number of hydrogen-bond acceptors (Lipinski definition) is 1. The van der Waals surface area contributed by atoms with Crippen molar-refractivity contribution in [2.45, 2.75) is 12.3 Å². The third-order valence-corrected chi connectivity index (χ3v) is 3.12. The molecule has 1 unspecified atom stereocenters. The molecule has 0 saturated carbocycles. The highest BCUT2D eigenvalue weighted by Crippen LogP contribution is 2.29. The second-order valence-electron chi connectivity index (χ2n) is 4.15. The molecule has 0 radical (unpaired) electrons. The Morgan fingerprint density at radius 2 is 2.00 bits per heavy atom. The number of aromatic nitrogens is 1. The van der Waals surface area contributed by atoms with Crippen molar-refractivity contribution >= 4 is 6.08 Å². The average Bonchev–Trinajstić information content (AvgIpc) is 2.39. The molecule has 1 aliphatic rings. The number of pyridine rings is 1. The number of allylic oxidation sites excluding steroid dienone is 1. The van der Waals surface area contributed by atoms with Gasteiger partial charge in [0.1, 0.15) is 0 Å². The number of hydrogen-bond donors (Lipinski definition) is 0. The molecule has 16 heavy (non-hydrogen) atoms. The van der Waals surface area contributed by atoms with Crippen LogP contribution in [0.5, 0.6) is 0 Å². The van der Waals surface area contributed by atoms with Crippen molar-refractivity contribution in [1.82, 2.24) is 4.98 Å². The van der Waals surface area contributed by atoms with Gasteiger partial charge in [-0.05, 0) is 29.2 Å². The summed E-state index contributed by atoms with van der Waals surface area (Å²) in [6.07, 6.45) is 9.36. The van der Waals surface area contributed by atoms with Crippen LogP contribution in [0.25, 0.3) is 6.08 Å². The van der Waals surface area contributed by atoms with E-state index < -0.39 is 0 Å². The van der Waals surface area contributed by atoms with Gasteiger partial charge in [-0.25, -0.2) is 0 Å². The number of benzene rings is 1. The average molecular weight is 207 g/mol. The zero-order chi connectivity index (χ0) is 10.8. The fraction of sp³-hybridized carbons (Fsp3) is 0.133. The molecule has 0 aliphatic heterocycles. The van der Waals surface area contributed by atoms with Gasteiger partial charge < -0.3 is 0 Å². The highest BCUT2D eigenvalue weighted by Gasteiger charge is 2.14. The van der Waals surface area contributed by atoms with Crippen LogP contribution in [0.4, 0.5) is 0 Å². The summed E-state index contributed by atoms with van der Waals surface area (Å²) in [4.78, 5) is 4.18. The summed E-state index contributed by atoms with van der Waals surface area (Å²) in [6, 6.07) is 12.7. The molecule has 0 bridgehead atoms. The van der Waals surface area contributed by atoms with Crippen LogP contribution in [0.1, 0.15) is 22.6 Å². The fourth-order valence-electron chi connectivity index (χ4n) is 2.23. The van der Waals surface area contributed by atoms with Gasteiger partial charge in [-0.3, -0.25) is 4.98 Å². The summed E-state index contributed by atoms with van der Waals surface area (Å²) in [5.74, 6) is 0.476. The lowest BCUT2D eigenvalue weighted by atomic mass is 9.86. The Kier molecular flexibility index (Phi) is 2.30. The van der Waals surface area contributed by atoms with Gasteiger partial charge in [0.15, 0.2) is 0 Å². The van der Waals surface area contributed by atoms with E-state index in [4.69, 9.17) is 0 Å². The van der Waals surface area contributed by atoms with Gasteiger partial charge in [0.25, 0.3) is 0 Å². The Labute approximate surface area is 95.5 Å². The number of rotatable bonds is 1. The third-order valence-electron chi connectivity index (χ3n) is 3.12. The third kappa shape index (κ3) is 1.65. The Bertz CT molecular complexity index is 514. The molecule has 1 heterocycles. The van der Waals surface area contributed by atoms with E-state index in [1.165, 1.54) is 16.7 Å². The van der Waals surface area contributed by atoms with Gasteiger partial charge in [-0.1, -0.05) is 42.5 Å². The fourth-order valence-corrected chi connectivity index (χ4v) is 2.23. The quantitative estimate of drug-likeness (QED) is 0.698. The molecular weight excluding hydrogens is 194 g/mol. The smallest absolute Gasteiger partial charge is 0.0305 e. The van der Waals surface area contributed by atoms with Gasteiger partial charge in [0.2, 0.25) is 0 Å². The van der Waals surface area contributed by atoms with Crippen molar-refractivity contribution in [3.63, 3.8) is 0 Å². The topological polar surface area (TPSA) is 12.9 Å². The molecule has 0 amide bonds. The van der Waals surface area contributed by atoms with Gasteiger partial charge in [0, 0.05) is 18.3 Å². The van der Waals surface area contributed by atoms with Gasteiger partial charge in [0.05, 0.1) is 0 Å². The molecule has 2 aromatic rings. The van der Waals surface area contributed by atoms with Crippen molar-refractivity contribution in [3.8, 4) is 0 Å². The van der Waals surface area contributed by atoms with Crippen molar-refractivity contribution in [1.29, 1.82) is 0 Å². The first-order chi connectivity index (χ1) is 7.93. The summed E-state index contributed by atoms with van der Waals surface area (Å²) < 4.78 is 0. The standard InChI is InChI=1S/C15H13N/c1-2-5-13-10-14(8-7-12(13)4-1)15-6-3-9-16-11-15/h1-9,11,14H,10H2. The van der Waals surface area contributed by atoms with Crippen molar-refractivity contribution in [3.05, 3.63) is 71.6 Å². The number of fused-ring (bicyclic) bond motifs is 1. The zero-order valence-corrected chi connectivity index (χ0v) is 9.01. The van der Waals surface area contributed by atoms with E-state index in [0.717, 1.165) is 6.42 Å². The zero-order valence-electron chi connectivity index (χ0n) is 9.01. The largest absolute Gasteiger partial charge is 0.264 e. The first kappa shape index (κ1) is 9.34. The van der Waals surface area contributed by atoms with Crippen molar-refractivity contribution < 1.29 is 0 Å². The molecule has 1 aliphatic carbocycles. The predicted molar refractivity (Wildman–Crippen MR) is 66.2 cm³/mol. The minimum absolute atomic E-state index is 0.476. The van der Waals surface area contributed by atoms with Crippen LogP contribution in [-0.4, -0.2) is 4.98 Å². The van der Waals surface area contributed by atoms with E-state index in [2.05, 4.69) is 47.5 Å². The molecule has 0 N–H and O–H groups in total. The lowest BCUT2D eigenvalue weighted by Crippen LogP contribution is -2.05. The van der Waals surface area contributed by atoms with Crippen molar-refractivity contribution in [2.24, 2.45) is 0 Å². The maximum Gasteiger partial charge on any atom is 0.0305 e. The molecule has 3 rings (SSSR count). The second kappa shape index (κ2) is 3.93. The van der Waals surface area contributed by atoms with Gasteiger partial charge in [-0.2, -0.15) is 0 Å². The molecule has 0 spiro atoms. The molecule has 1 atom stereocenters. The highest BCUT2D eigenvalue weighted by atomic mass is 14.6. The van der Waals surface area contributed by atoms with E-state index in [9.17, 15) is 0 Å². The van der Waals surface area contributed by atoms with E-state index >= 15 is 0 Å². The monoisotopic (exact) mass is 207 g/mol. The van der Waals surface area contributed by atoms with Crippen LogP contribution in [0, 0.1) is 0 Å². The van der Waals surface area contributed by atoms with Crippen LogP contribution in [0.15, 0.2) is 54.9 Å². The summed E-state index contributed by atoms with van der Waals surface area (Å²) in [7, 11) is 0. The van der Waals surface area contributed by atoms with Crippen LogP contribution >= 0.6 is 0 Å². The Morgan fingerprint density at radius 1 is 1.06 bits per heavy atom. The Hall–Kier alpha value is -1.89. The molecular formula is C15H13N. The van der Waals surface area contributed by atoms with Crippen LogP contribution in [0.2, 0.25) is 0 Å². The van der Waals surface area contributed by atoms with E-state index in [1.807, 2.05) is 18.5 Å².